The second-order valence-electron chi connectivity index (χ2n) is 13.2. The van der Waals surface area contributed by atoms with Crippen LogP contribution in [-0.2, 0) is 42.5 Å². The van der Waals surface area contributed by atoms with Crippen LogP contribution in [0.15, 0.2) is 83.0 Å². The van der Waals surface area contributed by atoms with E-state index < -0.39 is 94.2 Å². The molecule has 26 heteroatoms. The first kappa shape index (κ1) is 40.9. The summed E-state index contributed by atoms with van der Waals surface area (Å²) in [6, 6.07) is 12.9. The van der Waals surface area contributed by atoms with Gasteiger partial charge in [-0.25, -0.2) is 37.7 Å². The molecule has 5 aromatic rings. The van der Waals surface area contributed by atoms with Crippen molar-refractivity contribution in [1.29, 1.82) is 0 Å². The largest absolute Gasteiger partial charge is 0.508 e. The van der Waals surface area contributed by atoms with Gasteiger partial charge in [0.25, 0.3) is 11.5 Å². The fraction of sp³-hybridized carbons (Fsp3) is 0.333. The van der Waals surface area contributed by atoms with Gasteiger partial charge in [0.2, 0.25) is 0 Å². The predicted octanol–water partition coefficient (Wildman–Crippen LogP) is 3.35. The number of imidazole rings is 1. The predicted molar refractivity (Wildman–Crippen MR) is 202 cm³/mol. The van der Waals surface area contributed by atoms with Crippen molar-refractivity contribution in [3.63, 3.8) is 0 Å². The number of aromatic amines is 1. The van der Waals surface area contributed by atoms with Crippen molar-refractivity contribution in [2.45, 2.75) is 55.0 Å². The fourth-order valence-electron chi connectivity index (χ4n) is 6.45. The smallest absolute Gasteiger partial charge is 0.472 e. The highest BCUT2D eigenvalue weighted by atomic mass is 32.7. The lowest BCUT2D eigenvalue weighted by molar-refractivity contribution is -0.0652. The van der Waals surface area contributed by atoms with Crippen molar-refractivity contribution in [1.82, 2.24) is 29.1 Å². The fourth-order valence-corrected chi connectivity index (χ4v) is 10.8. The number of fused-ring (bicyclic) bond motifs is 4. The number of phenols is 1. The van der Waals surface area contributed by atoms with Gasteiger partial charge in [-0.2, -0.15) is 0 Å². The quantitative estimate of drug-likeness (QED) is 0.147. The van der Waals surface area contributed by atoms with Crippen LogP contribution in [0.2, 0.25) is 0 Å². The van der Waals surface area contributed by atoms with Crippen LogP contribution >= 0.6 is 26.0 Å². The minimum absolute atomic E-state index is 0.00708. The van der Waals surface area contributed by atoms with Crippen LogP contribution in [0.5, 0.6) is 5.75 Å². The van der Waals surface area contributed by atoms with Gasteiger partial charge in [0, 0.05) is 29.3 Å². The maximum Gasteiger partial charge on any atom is 0.472 e. The summed E-state index contributed by atoms with van der Waals surface area (Å²) in [6.07, 6.45) is -11.9. The summed E-state index contributed by atoms with van der Waals surface area (Å²) in [5.41, 5.74) is 5.42. The molecule has 8 rings (SSSR count). The van der Waals surface area contributed by atoms with Gasteiger partial charge in [-0.1, -0.05) is 12.1 Å². The number of rotatable bonds is 7. The number of phosphoric acid groups is 1. The van der Waals surface area contributed by atoms with Gasteiger partial charge in [-0.3, -0.25) is 41.8 Å². The average Bonchev–Trinajstić information content (AvgIpc) is 3.86. The number of amides is 1. The number of carbonyl (C=O) groups is 1. The molecule has 3 aromatic heterocycles. The van der Waals surface area contributed by atoms with E-state index >= 15 is 8.78 Å². The van der Waals surface area contributed by atoms with Gasteiger partial charge in [0.1, 0.15) is 42.0 Å². The van der Waals surface area contributed by atoms with Crippen LogP contribution in [0.25, 0.3) is 11.2 Å². The second-order valence-corrected chi connectivity index (χ2v) is 18.7. The highest BCUT2D eigenvalue weighted by Gasteiger charge is 2.55. The summed E-state index contributed by atoms with van der Waals surface area (Å²) < 4.78 is 96.5. The van der Waals surface area contributed by atoms with Gasteiger partial charge < -0.3 is 30.5 Å². The van der Waals surface area contributed by atoms with Crippen molar-refractivity contribution in [2.24, 2.45) is 0 Å². The van der Waals surface area contributed by atoms with Crippen LogP contribution in [0, 0.1) is 0 Å². The molecule has 3 fully saturated rings. The Morgan fingerprint density at radius 1 is 0.915 bits per heavy atom. The van der Waals surface area contributed by atoms with Gasteiger partial charge in [0.05, 0.1) is 19.5 Å². The first-order valence-corrected chi connectivity index (χ1v) is 22.1. The second kappa shape index (κ2) is 16.3. The first-order valence-electron chi connectivity index (χ1n) is 17.4. The molecular formula is C33H32F2N8O13P2S. The summed E-state index contributed by atoms with van der Waals surface area (Å²) in [4.78, 5) is 62.0. The summed E-state index contributed by atoms with van der Waals surface area (Å²) >= 11 is 0.582. The number of ether oxygens (including phenoxy) is 2. The Morgan fingerprint density at radius 2 is 1.64 bits per heavy atom. The van der Waals surface area contributed by atoms with Gasteiger partial charge in [-0.05, 0) is 53.3 Å². The minimum Gasteiger partial charge on any atom is -0.508 e. The van der Waals surface area contributed by atoms with Crippen LogP contribution in [-0.4, -0.2) is 95.0 Å². The summed E-state index contributed by atoms with van der Waals surface area (Å²) in [5, 5.41) is 12.2. The third kappa shape index (κ3) is 8.59. The van der Waals surface area contributed by atoms with E-state index in [1.54, 1.807) is 24.3 Å². The van der Waals surface area contributed by atoms with Gasteiger partial charge >= 0.3 is 20.3 Å². The number of halogens is 2. The van der Waals surface area contributed by atoms with E-state index in [9.17, 15) is 33.5 Å². The zero-order chi connectivity index (χ0) is 41.6. The molecule has 3 unspecified atom stereocenters. The third-order valence-corrected chi connectivity index (χ3v) is 14.0. The summed E-state index contributed by atoms with van der Waals surface area (Å²) in [7, 11) is -5.30. The number of aromatic hydroxyl groups is 1. The van der Waals surface area contributed by atoms with Crippen LogP contribution in [0.1, 0.15) is 28.4 Å². The molecule has 10 atom stereocenters. The number of benzene rings is 2. The lowest BCUT2D eigenvalue weighted by Crippen LogP contribution is -2.37. The number of hydrogen-bond acceptors (Lipinski definition) is 17. The number of alkyl halides is 2. The zero-order valence-electron chi connectivity index (χ0n) is 29.9. The number of phosphoric ester groups is 1. The monoisotopic (exact) mass is 880 g/mol. The Hall–Kier alpha value is -4.87. The van der Waals surface area contributed by atoms with Crippen molar-refractivity contribution in [3.8, 4) is 5.75 Å². The molecule has 59 heavy (non-hydrogen) atoms. The lowest BCUT2D eigenvalue weighted by Gasteiger charge is -2.27. The first-order chi connectivity index (χ1) is 28.2. The van der Waals surface area contributed by atoms with E-state index in [2.05, 4.69) is 20.3 Å². The van der Waals surface area contributed by atoms with E-state index in [-0.39, 0.29) is 34.0 Å². The highest BCUT2D eigenvalue weighted by Crippen LogP contribution is 2.65. The molecule has 3 saturated heterocycles. The van der Waals surface area contributed by atoms with E-state index in [0.717, 1.165) is 18.6 Å². The Kier molecular flexibility index (Phi) is 11.3. The Labute approximate surface area is 333 Å². The molecule has 0 radical (unpaired) electrons. The molecule has 0 spiro atoms. The number of nitrogen functional groups attached to an aromatic ring is 1. The van der Waals surface area contributed by atoms with E-state index in [1.165, 1.54) is 35.2 Å². The maximum atomic E-state index is 16.7. The number of phenolic OH excluding ortho intramolecular Hbond substituents is 1. The molecule has 2 bridgehead atoms. The van der Waals surface area contributed by atoms with Crippen molar-refractivity contribution in [2.75, 3.05) is 24.3 Å². The molecule has 312 valence electrons. The zero-order valence-corrected chi connectivity index (χ0v) is 32.5. The summed E-state index contributed by atoms with van der Waals surface area (Å²) in [6.45, 7) is -6.46. The number of nitrogens with two attached hydrogens (primary N) is 1. The topological polar surface area (TPSA) is 284 Å². The Morgan fingerprint density at radius 3 is 2.39 bits per heavy atom. The molecule has 3 aliphatic heterocycles. The normalized spacial score (nSPS) is 31.2. The Balaban J connectivity index is 1.08. The number of nitrogens with zero attached hydrogens (tertiary/aromatic N) is 5. The molecule has 1 amide bonds. The number of aromatic nitrogens is 6. The molecule has 6 heterocycles. The third-order valence-electron chi connectivity index (χ3n) is 9.35. The lowest BCUT2D eigenvalue weighted by atomic mass is 10.1. The highest BCUT2D eigenvalue weighted by molar-refractivity contribution is 8.54. The number of nitrogens with one attached hydrogen (secondary N) is 2. The molecular weight excluding hydrogens is 848 g/mol. The average molecular weight is 881 g/mol. The maximum absolute atomic E-state index is 16.7. The van der Waals surface area contributed by atoms with Crippen LogP contribution < -0.4 is 22.3 Å². The van der Waals surface area contributed by atoms with Gasteiger partial charge in [0.15, 0.2) is 36.3 Å². The van der Waals surface area contributed by atoms with E-state index in [1.807, 2.05) is 4.98 Å². The van der Waals surface area contributed by atoms with Crippen molar-refractivity contribution in [3.05, 3.63) is 105 Å². The number of anilines is 2. The number of H-pyrrole nitrogens is 1. The van der Waals surface area contributed by atoms with Gasteiger partial charge in [-0.15, -0.1) is 0 Å². The summed E-state index contributed by atoms with van der Waals surface area (Å²) in [5.74, 6) is -0.586. The SMILES string of the molecule is Nc1ncnc2c1ncn2[C@@H]1O[C@@H]2COP(=O)(O)O[C@@H]3[C@H](F)C(COP(=O)(SCc4ccc(NC(=O)c5ccc(O)cc5)cc4)O[C@H]2[C@H]1F)O[C@H]3n1ccc(=O)[nH]c1=O. The molecule has 2 aromatic carbocycles. The molecule has 0 aliphatic carbocycles. The van der Waals surface area contributed by atoms with Crippen LogP contribution in [0.3, 0.4) is 0 Å². The van der Waals surface area contributed by atoms with Crippen LogP contribution in [0.4, 0.5) is 20.3 Å². The number of hydrogen-bond donors (Lipinski definition) is 5. The van der Waals surface area contributed by atoms with E-state index in [4.69, 9.17) is 33.3 Å². The standard InChI is InChI=1S/C33H32F2N8O13P2S/c34-23-20-11-52-58(50,59-13-16-1-5-18(6-2-16)40-30(46)17-3-7-19(44)8-4-17)56-26-21(54-31(24(26)35)43-15-39-25-28(36)37-14-38-29(25)43)12-51-57(48,49)55-27(23)32(53-20)42-10-9-22(45)41-33(42)47/h1-10,14-15,20-21,23-24,26-27,31-32,44H,11-13H2,(H,40,46)(H,48,49)(H2,36,37,38)(H,41,45,47)/t20?,21-,23-,24-,26-,27-,31-,32-,58?/m1/s1. The van der Waals surface area contributed by atoms with Crippen molar-refractivity contribution >= 4 is 54.6 Å². The molecule has 6 N–H and O–H groups in total. The van der Waals surface area contributed by atoms with Crippen molar-refractivity contribution < 1.29 is 60.3 Å². The molecule has 3 aliphatic rings. The molecule has 21 nitrogen and oxygen atoms in total. The molecule has 0 saturated carbocycles. The Bertz CT molecular complexity index is 2590. The van der Waals surface area contributed by atoms with E-state index in [0.29, 0.717) is 27.2 Å². The minimum atomic E-state index is -5.30. The number of carbonyl (C=O) groups excluding carboxylic acids is 1.